The van der Waals surface area contributed by atoms with Gasteiger partial charge >= 0.3 is 0 Å². The van der Waals surface area contributed by atoms with E-state index in [1.165, 1.54) is 0 Å². The largest absolute Gasteiger partial charge is 0.492 e. The molecule has 174 valence electrons. The molecule has 0 radical (unpaired) electrons. The van der Waals surface area contributed by atoms with Crippen LogP contribution < -0.4 is 15.8 Å². The van der Waals surface area contributed by atoms with Crippen molar-refractivity contribution < 1.29 is 14.3 Å². The molecule has 3 N–H and O–H groups in total. The van der Waals surface area contributed by atoms with E-state index >= 15 is 0 Å². The molecule has 1 aromatic heterocycles. The van der Waals surface area contributed by atoms with Crippen molar-refractivity contribution in [3.8, 4) is 17.0 Å². The number of nitrogens with zero attached hydrogens (tertiary/aromatic N) is 2. The molecule has 7 nitrogen and oxygen atoms in total. The number of fused-ring (bicyclic) bond motifs is 1. The zero-order valence-electron chi connectivity index (χ0n) is 19.2. The molecule has 1 saturated heterocycles. The van der Waals surface area contributed by atoms with Gasteiger partial charge in [0.25, 0.3) is 0 Å². The van der Waals surface area contributed by atoms with Crippen molar-refractivity contribution in [2.75, 3.05) is 50.5 Å². The fourth-order valence-corrected chi connectivity index (χ4v) is 4.50. The minimum atomic E-state index is 0.117. The number of anilines is 2. The maximum absolute atomic E-state index is 12.0. The van der Waals surface area contributed by atoms with Crippen LogP contribution in [0, 0.1) is 5.92 Å². The highest BCUT2D eigenvalue weighted by Crippen LogP contribution is 2.38. The first-order valence-electron chi connectivity index (χ1n) is 11.9. The van der Waals surface area contributed by atoms with Gasteiger partial charge in [0.1, 0.15) is 12.4 Å². The molecule has 0 spiro atoms. The fourth-order valence-electron chi connectivity index (χ4n) is 4.50. The number of amides is 1. The number of aromatic nitrogens is 1. The normalized spacial score (nSPS) is 16.8. The molecule has 2 fully saturated rings. The summed E-state index contributed by atoms with van der Waals surface area (Å²) in [5, 5.41) is 4.03. The predicted octanol–water partition coefficient (Wildman–Crippen LogP) is 3.97. The van der Waals surface area contributed by atoms with Crippen LogP contribution in [0.4, 0.5) is 11.4 Å². The van der Waals surface area contributed by atoms with E-state index in [1.807, 2.05) is 30.3 Å². The van der Waals surface area contributed by atoms with Gasteiger partial charge in [-0.15, -0.1) is 0 Å². The van der Waals surface area contributed by atoms with Crippen molar-refractivity contribution in [2.45, 2.75) is 26.3 Å². The summed E-state index contributed by atoms with van der Waals surface area (Å²) in [6.45, 7) is 7.98. The van der Waals surface area contributed by atoms with Crippen LogP contribution in [0.2, 0.25) is 0 Å². The molecule has 1 saturated carbocycles. The van der Waals surface area contributed by atoms with E-state index in [0.717, 1.165) is 91.5 Å². The monoisotopic (exact) mass is 448 g/mol. The maximum atomic E-state index is 12.0. The number of aryl methyl sites for hydroxylation is 1. The summed E-state index contributed by atoms with van der Waals surface area (Å²) in [4.78, 5) is 14.4. The fraction of sp³-hybridized carbons (Fsp3) is 0.423. The number of ether oxygens (including phenoxy) is 2. The SMILES string of the molecule is CCn1c(-c2ccc(NC(=O)C3CC3)cc2)c(N)c2ccc(OCCN3CCOCC3)cc21. The molecule has 7 heteroatoms. The summed E-state index contributed by atoms with van der Waals surface area (Å²) in [6.07, 6.45) is 1.99. The first kappa shape index (κ1) is 21.8. The first-order valence-corrected chi connectivity index (χ1v) is 11.9. The number of hydrogen-bond acceptors (Lipinski definition) is 5. The van der Waals surface area contributed by atoms with E-state index in [0.29, 0.717) is 6.61 Å². The van der Waals surface area contributed by atoms with Crippen LogP contribution in [-0.2, 0) is 16.1 Å². The van der Waals surface area contributed by atoms with Crippen LogP contribution in [0.25, 0.3) is 22.2 Å². The summed E-state index contributed by atoms with van der Waals surface area (Å²) >= 11 is 0. The lowest BCUT2D eigenvalue weighted by Crippen LogP contribution is -2.38. The minimum absolute atomic E-state index is 0.117. The standard InChI is InChI=1S/C26H32N4O3/c1-2-30-23-17-21(33-16-13-29-11-14-32-15-12-29)9-10-22(23)24(27)25(30)18-5-7-20(8-6-18)28-26(31)19-3-4-19/h5-10,17,19H,2-4,11-16,27H2,1H3,(H,28,31). The second kappa shape index (κ2) is 9.45. The first-order chi connectivity index (χ1) is 16.1. The third-order valence-corrected chi connectivity index (χ3v) is 6.55. The van der Waals surface area contributed by atoms with Crippen LogP contribution in [0.1, 0.15) is 19.8 Å². The molecule has 2 heterocycles. The van der Waals surface area contributed by atoms with Gasteiger partial charge in [0, 0.05) is 54.8 Å². The lowest BCUT2D eigenvalue weighted by atomic mass is 10.1. The van der Waals surface area contributed by atoms with Gasteiger partial charge in [0.2, 0.25) is 5.91 Å². The smallest absolute Gasteiger partial charge is 0.227 e. The van der Waals surface area contributed by atoms with Gasteiger partial charge in [-0.2, -0.15) is 0 Å². The number of carbonyl (C=O) groups is 1. The van der Waals surface area contributed by atoms with Crippen molar-refractivity contribution in [1.29, 1.82) is 0 Å². The molecular weight excluding hydrogens is 416 g/mol. The maximum Gasteiger partial charge on any atom is 0.227 e. The van der Waals surface area contributed by atoms with Crippen LogP contribution >= 0.6 is 0 Å². The molecule has 1 aliphatic carbocycles. The molecule has 1 aliphatic heterocycles. The highest BCUT2D eigenvalue weighted by atomic mass is 16.5. The molecule has 0 atom stereocenters. The van der Waals surface area contributed by atoms with E-state index in [9.17, 15) is 4.79 Å². The number of hydrogen-bond donors (Lipinski definition) is 2. The molecule has 3 aromatic rings. The number of nitrogen functional groups attached to an aromatic ring is 1. The number of morpholine rings is 1. The Hall–Kier alpha value is -3.03. The van der Waals surface area contributed by atoms with E-state index in [-0.39, 0.29) is 11.8 Å². The van der Waals surface area contributed by atoms with Gasteiger partial charge in [0.15, 0.2) is 0 Å². The van der Waals surface area contributed by atoms with Crippen LogP contribution in [0.3, 0.4) is 0 Å². The summed E-state index contributed by atoms with van der Waals surface area (Å²) in [7, 11) is 0. The molecule has 33 heavy (non-hydrogen) atoms. The van der Waals surface area contributed by atoms with E-state index in [2.05, 4.69) is 33.8 Å². The van der Waals surface area contributed by atoms with E-state index in [4.69, 9.17) is 15.2 Å². The Bertz CT molecular complexity index is 1130. The molecule has 2 aliphatic rings. The lowest BCUT2D eigenvalue weighted by molar-refractivity contribution is -0.117. The van der Waals surface area contributed by atoms with Crippen LogP contribution in [0.15, 0.2) is 42.5 Å². The number of nitrogens with two attached hydrogens (primary N) is 1. The summed E-state index contributed by atoms with van der Waals surface area (Å²) in [5.74, 6) is 1.16. The zero-order valence-corrected chi connectivity index (χ0v) is 19.2. The highest BCUT2D eigenvalue weighted by Gasteiger charge is 2.29. The van der Waals surface area contributed by atoms with Crippen LogP contribution in [0.5, 0.6) is 5.75 Å². The number of benzene rings is 2. The van der Waals surface area contributed by atoms with Gasteiger partial charge in [-0.1, -0.05) is 12.1 Å². The molecule has 2 aromatic carbocycles. The molecule has 0 unspecified atom stereocenters. The van der Waals surface area contributed by atoms with Gasteiger partial charge < -0.3 is 25.1 Å². The van der Waals surface area contributed by atoms with Crippen molar-refractivity contribution in [3.63, 3.8) is 0 Å². The van der Waals surface area contributed by atoms with Gasteiger partial charge in [0.05, 0.1) is 30.1 Å². The number of rotatable bonds is 8. The summed E-state index contributed by atoms with van der Waals surface area (Å²) in [5.41, 5.74) is 11.3. The second-order valence-corrected chi connectivity index (χ2v) is 8.83. The Balaban J connectivity index is 1.35. The van der Waals surface area contributed by atoms with Crippen molar-refractivity contribution in [3.05, 3.63) is 42.5 Å². The highest BCUT2D eigenvalue weighted by molar-refractivity contribution is 6.01. The zero-order chi connectivity index (χ0) is 22.8. The Morgan fingerprint density at radius 1 is 1.15 bits per heavy atom. The average Bonchev–Trinajstić information content (AvgIpc) is 3.65. The molecular formula is C26H32N4O3. The quantitative estimate of drug-likeness (QED) is 0.545. The second-order valence-electron chi connectivity index (χ2n) is 8.83. The minimum Gasteiger partial charge on any atom is -0.492 e. The van der Waals surface area contributed by atoms with Crippen molar-refractivity contribution in [1.82, 2.24) is 9.47 Å². The van der Waals surface area contributed by atoms with E-state index in [1.54, 1.807) is 0 Å². The third kappa shape index (κ3) is 4.70. The topological polar surface area (TPSA) is 81.8 Å². The Morgan fingerprint density at radius 2 is 1.91 bits per heavy atom. The Labute approximate surface area is 194 Å². The number of carbonyl (C=O) groups excluding carboxylic acids is 1. The van der Waals surface area contributed by atoms with Gasteiger partial charge in [-0.3, -0.25) is 9.69 Å². The predicted molar refractivity (Wildman–Crippen MR) is 132 cm³/mol. The van der Waals surface area contributed by atoms with Gasteiger partial charge in [-0.25, -0.2) is 0 Å². The summed E-state index contributed by atoms with van der Waals surface area (Å²) in [6, 6.07) is 14.1. The summed E-state index contributed by atoms with van der Waals surface area (Å²) < 4.78 is 13.7. The Kier molecular flexibility index (Phi) is 6.24. The Morgan fingerprint density at radius 3 is 2.61 bits per heavy atom. The van der Waals surface area contributed by atoms with Gasteiger partial charge in [-0.05, 0) is 44.0 Å². The van der Waals surface area contributed by atoms with E-state index < -0.39 is 0 Å². The van der Waals surface area contributed by atoms with Crippen molar-refractivity contribution >= 4 is 28.2 Å². The lowest BCUT2D eigenvalue weighted by Gasteiger charge is -2.26. The number of nitrogens with one attached hydrogen (secondary N) is 1. The van der Waals surface area contributed by atoms with Crippen LogP contribution in [-0.4, -0.2) is 54.8 Å². The third-order valence-electron chi connectivity index (χ3n) is 6.55. The average molecular weight is 449 g/mol. The molecule has 0 bridgehead atoms. The molecule has 1 amide bonds. The van der Waals surface area contributed by atoms with Crippen molar-refractivity contribution in [2.24, 2.45) is 5.92 Å². The molecule has 5 rings (SSSR count).